The Morgan fingerprint density at radius 1 is 1.29 bits per heavy atom. The van der Waals surface area contributed by atoms with Crippen LogP contribution < -0.4 is 15.7 Å². The summed E-state index contributed by atoms with van der Waals surface area (Å²) in [6.45, 7) is 0. The Balaban J connectivity index is 3.02. The third-order valence-electron chi connectivity index (χ3n) is 0.670. The second-order valence-electron chi connectivity index (χ2n) is 1.23. The fourth-order valence-corrected chi connectivity index (χ4v) is 0.366. The fourth-order valence-electron chi connectivity index (χ4n) is 0.366. The number of anilines is 1. The van der Waals surface area contributed by atoms with Gasteiger partial charge < -0.3 is 0 Å². The molecule has 0 amide bonds. The first-order chi connectivity index (χ1) is 3.39. The van der Waals surface area contributed by atoms with Gasteiger partial charge in [0.1, 0.15) is 12.4 Å². The highest BCUT2D eigenvalue weighted by atomic mass is 15.0. The molecule has 0 radical (unpaired) electrons. The summed E-state index contributed by atoms with van der Waals surface area (Å²) in [6, 6.07) is 1.83. The van der Waals surface area contributed by atoms with Crippen LogP contribution in [0.2, 0.25) is 0 Å². The maximum absolute atomic E-state index is 5.25. The first kappa shape index (κ1) is 4.05. The van der Waals surface area contributed by atoms with Crippen molar-refractivity contribution in [2.75, 3.05) is 5.73 Å². The van der Waals surface area contributed by atoms with Crippen LogP contribution in [0.5, 0.6) is 0 Å². The van der Waals surface area contributed by atoms with Crippen LogP contribution in [0.3, 0.4) is 0 Å². The van der Waals surface area contributed by atoms with Crippen molar-refractivity contribution >= 4 is 5.95 Å². The van der Waals surface area contributed by atoms with Gasteiger partial charge in [0, 0.05) is 6.07 Å². The number of aromatic nitrogens is 2. The zero-order valence-corrected chi connectivity index (χ0v) is 3.81. The molecule has 0 fully saturated rings. The van der Waals surface area contributed by atoms with E-state index in [4.69, 9.17) is 5.73 Å². The number of H-pyrrole nitrogens is 2. The van der Waals surface area contributed by atoms with E-state index < -0.39 is 0 Å². The molecule has 0 bridgehead atoms. The number of nitrogens with one attached hydrogen (secondary N) is 2. The van der Waals surface area contributed by atoms with Crippen molar-refractivity contribution in [3.8, 4) is 0 Å². The molecule has 0 aliphatic rings. The van der Waals surface area contributed by atoms with Crippen molar-refractivity contribution in [2.45, 2.75) is 0 Å². The maximum Gasteiger partial charge on any atom is 0.519 e. The standard InChI is InChI=1S/C4H5N3/c5-4-6-2-1-3-7-4/h1-3H,(H2,5,6,7)/p+2. The zero-order valence-electron chi connectivity index (χ0n) is 3.81. The molecule has 0 saturated carbocycles. The predicted molar refractivity (Wildman–Crippen MR) is 24.0 cm³/mol. The first-order valence-corrected chi connectivity index (χ1v) is 2.03. The molecule has 3 nitrogen and oxygen atoms in total. The lowest BCUT2D eigenvalue weighted by Crippen LogP contribution is -2.21. The summed E-state index contributed by atoms with van der Waals surface area (Å²) in [7, 11) is 0. The summed E-state index contributed by atoms with van der Waals surface area (Å²) in [5, 5.41) is 0. The minimum absolute atomic E-state index is 0.572. The zero-order chi connectivity index (χ0) is 5.11. The van der Waals surface area contributed by atoms with Crippen LogP contribution in [0.25, 0.3) is 0 Å². The smallest absolute Gasteiger partial charge is 0.212 e. The van der Waals surface area contributed by atoms with Crippen LogP contribution in [0.1, 0.15) is 0 Å². The average Bonchev–Trinajstić information content (AvgIpc) is 1.69. The van der Waals surface area contributed by atoms with E-state index >= 15 is 0 Å². The molecule has 3 heteroatoms. The Morgan fingerprint density at radius 2 is 1.86 bits per heavy atom. The van der Waals surface area contributed by atoms with Crippen LogP contribution >= 0.6 is 0 Å². The molecule has 0 atom stereocenters. The van der Waals surface area contributed by atoms with Crippen molar-refractivity contribution < 1.29 is 9.97 Å². The molecule has 1 aromatic heterocycles. The highest BCUT2D eigenvalue weighted by molar-refractivity contribution is 4.89. The van der Waals surface area contributed by atoms with Gasteiger partial charge in [-0.25, -0.2) is 5.73 Å². The van der Waals surface area contributed by atoms with Gasteiger partial charge in [-0.05, 0) is 0 Å². The molecule has 0 aliphatic carbocycles. The van der Waals surface area contributed by atoms with Crippen molar-refractivity contribution in [2.24, 2.45) is 0 Å². The molecule has 0 saturated heterocycles. The Labute approximate surface area is 41.2 Å². The molecule has 36 valence electrons. The van der Waals surface area contributed by atoms with Crippen LogP contribution in [-0.4, -0.2) is 0 Å². The summed E-state index contributed by atoms with van der Waals surface area (Å²) in [6.07, 6.45) is 3.51. The molecule has 1 rings (SSSR count). The SMILES string of the molecule is Nc1[nH+]ccc[nH+]1. The van der Waals surface area contributed by atoms with Crippen LogP contribution in [0.15, 0.2) is 18.5 Å². The third kappa shape index (κ3) is 0.855. The summed E-state index contributed by atoms with van der Waals surface area (Å²) < 4.78 is 0. The van der Waals surface area contributed by atoms with Gasteiger partial charge in [-0.2, -0.15) is 9.97 Å². The molecule has 0 aromatic carbocycles. The van der Waals surface area contributed by atoms with Gasteiger partial charge in [-0.15, -0.1) is 0 Å². The Kier molecular flexibility index (Phi) is 0.898. The topological polar surface area (TPSA) is 54.3 Å². The summed E-state index contributed by atoms with van der Waals surface area (Å²) in [5.74, 6) is 0.572. The highest BCUT2D eigenvalue weighted by Gasteiger charge is 1.91. The van der Waals surface area contributed by atoms with Gasteiger partial charge in [0.2, 0.25) is 0 Å². The van der Waals surface area contributed by atoms with E-state index in [9.17, 15) is 0 Å². The lowest BCUT2D eigenvalue weighted by atomic mass is 10.7. The number of rotatable bonds is 0. The van der Waals surface area contributed by atoms with Gasteiger partial charge in [-0.1, -0.05) is 0 Å². The molecular weight excluding hydrogens is 90.1 g/mol. The molecule has 4 N–H and O–H groups in total. The van der Waals surface area contributed by atoms with E-state index in [1.54, 1.807) is 12.4 Å². The normalized spacial score (nSPS) is 8.57. The number of nitrogens with two attached hydrogens (primary N) is 1. The van der Waals surface area contributed by atoms with Gasteiger partial charge in [0.05, 0.1) is 0 Å². The van der Waals surface area contributed by atoms with Gasteiger partial charge in [0.25, 0.3) is 0 Å². The van der Waals surface area contributed by atoms with Crippen LogP contribution in [0.4, 0.5) is 5.95 Å². The van der Waals surface area contributed by atoms with E-state index in [0.717, 1.165) is 0 Å². The quantitative estimate of drug-likeness (QED) is 0.439. The number of hydrogen-bond donors (Lipinski definition) is 1. The van der Waals surface area contributed by atoms with Crippen molar-refractivity contribution in [3.63, 3.8) is 0 Å². The number of nitrogen functional groups attached to an aromatic ring is 1. The predicted octanol–water partition coefficient (Wildman–Crippen LogP) is -1.10. The molecule has 0 unspecified atom stereocenters. The Morgan fingerprint density at radius 3 is 2.14 bits per heavy atom. The summed E-state index contributed by atoms with van der Waals surface area (Å²) in [5.41, 5.74) is 5.25. The van der Waals surface area contributed by atoms with E-state index in [0.29, 0.717) is 5.95 Å². The van der Waals surface area contributed by atoms with Crippen molar-refractivity contribution in [3.05, 3.63) is 18.5 Å². The van der Waals surface area contributed by atoms with Crippen LogP contribution in [0, 0.1) is 0 Å². The lowest BCUT2D eigenvalue weighted by molar-refractivity contribution is -0.501. The molecule has 0 aliphatic heterocycles. The van der Waals surface area contributed by atoms with Crippen LogP contribution in [-0.2, 0) is 0 Å². The highest BCUT2D eigenvalue weighted by Crippen LogP contribution is 1.65. The molecular formula is C4H7N3+2. The van der Waals surface area contributed by atoms with E-state index in [1.165, 1.54) is 0 Å². The molecule has 7 heavy (non-hydrogen) atoms. The first-order valence-electron chi connectivity index (χ1n) is 2.03. The molecule has 0 spiro atoms. The van der Waals surface area contributed by atoms with E-state index in [2.05, 4.69) is 9.97 Å². The van der Waals surface area contributed by atoms with Crippen molar-refractivity contribution in [1.29, 1.82) is 0 Å². The minimum Gasteiger partial charge on any atom is -0.212 e. The van der Waals surface area contributed by atoms with Gasteiger partial charge in [-0.3, -0.25) is 0 Å². The van der Waals surface area contributed by atoms with E-state index in [1.807, 2.05) is 6.07 Å². The fraction of sp³-hybridized carbons (Fsp3) is 0. The monoisotopic (exact) mass is 97.1 g/mol. The molecule has 1 heterocycles. The summed E-state index contributed by atoms with van der Waals surface area (Å²) in [4.78, 5) is 5.51. The largest absolute Gasteiger partial charge is 0.519 e. The van der Waals surface area contributed by atoms with Gasteiger partial charge in [0.15, 0.2) is 0 Å². The third-order valence-corrected chi connectivity index (χ3v) is 0.670. The minimum atomic E-state index is 0.572. The Bertz CT molecular complexity index is 137. The summed E-state index contributed by atoms with van der Waals surface area (Å²) >= 11 is 0. The van der Waals surface area contributed by atoms with Gasteiger partial charge >= 0.3 is 5.95 Å². The lowest BCUT2D eigenvalue weighted by Gasteiger charge is -1.69. The number of aromatic amines is 2. The average molecular weight is 97.1 g/mol. The number of hydrogen-bond acceptors (Lipinski definition) is 1. The second-order valence-corrected chi connectivity index (χ2v) is 1.23. The maximum atomic E-state index is 5.25. The van der Waals surface area contributed by atoms with E-state index in [-0.39, 0.29) is 0 Å². The Hall–Kier alpha value is -1.12. The van der Waals surface area contributed by atoms with Crippen molar-refractivity contribution in [1.82, 2.24) is 0 Å². The molecule has 1 aromatic rings. The second kappa shape index (κ2) is 1.55.